The van der Waals surface area contributed by atoms with Gasteiger partial charge in [0.05, 0.1) is 25.2 Å². The molecule has 0 aromatic carbocycles. The number of rotatable bonds is 15. The maximum Gasteiger partial charge on any atom is 0.357 e. The number of carboxylic acid groups (broad SMARTS) is 2. The molecule has 0 aliphatic heterocycles. The fraction of sp³-hybridized carbons (Fsp3) is 0.857. The van der Waals surface area contributed by atoms with E-state index in [4.69, 9.17) is 21.3 Å². The molecule has 0 spiro atoms. The Hall–Kier alpha value is -1.32. The van der Waals surface area contributed by atoms with Crippen molar-refractivity contribution < 1.29 is 54.9 Å². The number of amides is 1. The van der Waals surface area contributed by atoms with Crippen molar-refractivity contribution in [3.05, 3.63) is 30.2 Å². The van der Waals surface area contributed by atoms with E-state index in [1.54, 1.807) is 5.57 Å². The Labute approximate surface area is 335 Å². The van der Waals surface area contributed by atoms with Gasteiger partial charge < -0.3 is 41.0 Å². The summed E-state index contributed by atoms with van der Waals surface area (Å²) >= 11 is 0. The first-order valence-electron chi connectivity index (χ1n) is 20.6. The summed E-state index contributed by atoms with van der Waals surface area (Å²) in [7, 11) is 3.65. The van der Waals surface area contributed by atoms with Gasteiger partial charge in [-0.05, 0) is 97.7 Å². The van der Waals surface area contributed by atoms with Crippen LogP contribution in [-0.2, 0) is 40.2 Å². The summed E-state index contributed by atoms with van der Waals surface area (Å²) in [5.41, 5.74) is 16.9. The summed E-state index contributed by atoms with van der Waals surface area (Å²) in [6.45, 7) is 11.5. The molecule has 0 bridgehead atoms. The second kappa shape index (κ2) is 20.2. The van der Waals surface area contributed by atoms with E-state index in [-0.39, 0.29) is 57.8 Å². The predicted octanol–water partition coefficient (Wildman–Crippen LogP) is 7.37. The maximum absolute atomic E-state index is 12.4. The van der Waals surface area contributed by atoms with Crippen LogP contribution in [0.4, 0.5) is 0 Å². The van der Waals surface area contributed by atoms with Crippen LogP contribution in [0.3, 0.4) is 0 Å². The summed E-state index contributed by atoms with van der Waals surface area (Å²) < 4.78 is 5.53. The number of fused-ring (bicyclic) bond motifs is 5. The van der Waals surface area contributed by atoms with Crippen LogP contribution in [0.25, 0.3) is 11.5 Å². The van der Waals surface area contributed by atoms with Gasteiger partial charge in [0, 0.05) is 27.6 Å². The zero-order valence-corrected chi connectivity index (χ0v) is 35.6. The molecule has 11 heteroatoms. The molecular formula is C42H71N4O6Pt-3. The van der Waals surface area contributed by atoms with Crippen molar-refractivity contribution >= 4 is 17.8 Å². The molecule has 4 N–H and O–H groups in total. The summed E-state index contributed by atoms with van der Waals surface area (Å²) in [5, 5.41) is 22.9. The van der Waals surface area contributed by atoms with Crippen molar-refractivity contribution in [3.63, 3.8) is 0 Å². The zero-order chi connectivity index (χ0) is 38.3. The Bertz CT molecular complexity index is 1220. The van der Waals surface area contributed by atoms with Crippen LogP contribution in [0.2, 0.25) is 0 Å². The van der Waals surface area contributed by atoms with Gasteiger partial charge in [-0.15, -0.1) is 7.05 Å². The Balaban J connectivity index is 0.000000742. The first-order valence-corrected chi connectivity index (χ1v) is 20.6. The van der Waals surface area contributed by atoms with Gasteiger partial charge in [-0.3, -0.25) is 4.79 Å². The van der Waals surface area contributed by atoms with Gasteiger partial charge >= 0.3 is 5.97 Å². The van der Waals surface area contributed by atoms with E-state index < -0.39 is 35.4 Å². The van der Waals surface area contributed by atoms with Crippen LogP contribution >= 0.6 is 0 Å². The van der Waals surface area contributed by atoms with Crippen LogP contribution in [-0.4, -0.2) is 78.4 Å². The average molecular weight is 923 g/mol. The summed E-state index contributed by atoms with van der Waals surface area (Å²) in [6, 6.07) is -0.160. The van der Waals surface area contributed by atoms with E-state index in [0.717, 1.165) is 67.6 Å². The van der Waals surface area contributed by atoms with Crippen molar-refractivity contribution in [2.24, 2.45) is 46.3 Å². The number of carbonyl (C=O) groups is 3. The molecule has 53 heavy (non-hydrogen) atoms. The fourth-order valence-electron chi connectivity index (χ4n) is 11.4. The molecule has 4 fully saturated rings. The molecule has 10 nitrogen and oxygen atoms in total. The maximum atomic E-state index is 12.4. The summed E-state index contributed by atoms with van der Waals surface area (Å²) in [6.07, 6.45) is 20.9. The standard InChI is InChI=1S/C36H60N2O6.C6H12N2.Pt/c1-24(2)8-7-9-25(3)29-12-13-30-28-11-10-26-20-27(14-16-35(26,4)31(28)15-17-36(29,30)5)44-19-18-37-32(39)21-38(6,22-33(40)41)23-34(42)43;7-5-3-1-2-4-6(5)8;/h10,24-25,27-31H,6-9,11-23H2,1-5H3,(H,37,39)(H,40,41)(H,42,43);5-8H,1-4H2;/q;-2;/p-1/t25-,27+,28+,29-,30+,31+,35+,36-;5-,6-;/m11./s1. The zero-order valence-electron chi connectivity index (χ0n) is 33.4. The Morgan fingerprint density at radius 3 is 2.26 bits per heavy atom. The smallest absolute Gasteiger partial charge is 0.357 e. The number of nitrogens with zero attached hydrogens (tertiary/aromatic N) is 1. The molecule has 0 aromatic heterocycles. The van der Waals surface area contributed by atoms with E-state index in [1.807, 2.05) is 0 Å². The first kappa shape index (κ1) is 46.1. The van der Waals surface area contributed by atoms with Gasteiger partial charge in [0.25, 0.3) is 5.91 Å². The van der Waals surface area contributed by atoms with Gasteiger partial charge in [-0.1, -0.05) is 91.2 Å². The molecule has 0 radical (unpaired) electrons. The number of hydrogen-bond donors (Lipinski definition) is 2. The quantitative estimate of drug-likeness (QED) is 0.0755. The SMILES string of the molecule is [CH2-][N+](CC(=O)[O-])(CC(=O)O)CC(=O)NCCO[C@H]1CC[C@@]2(C)C(=CC[C@H]3[C@@H]4CC[C@H]([C@H](C)CCCC(C)C)[C@@]4(C)CC[C@@H]32)C1.[NH-][C@@H]1CCCC[C@H]1[NH-].[Pt]. The Kier molecular flexibility index (Phi) is 17.6. The fourth-order valence-corrected chi connectivity index (χ4v) is 11.4. The van der Waals surface area contributed by atoms with Gasteiger partial charge in [0.1, 0.15) is 6.54 Å². The van der Waals surface area contributed by atoms with Crippen LogP contribution < -0.4 is 10.4 Å². The minimum atomic E-state index is -1.44. The molecule has 5 aliphatic rings. The van der Waals surface area contributed by atoms with Crippen LogP contribution in [0.15, 0.2) is 11.6 Å². The van der Waals surface area contributed by atoms with Crippen molar-refractivity contribution in [2.45, 2.75) is 149 Å². The second-order valence-electron chi connectivity index (χ2n) is 18.5. The number of allylic oxidation sites excluding steroid dienone is 1. The van der Waals surface area contributed by atoms with E-state index in [9.17, 15) is 19.5 Å². The number of ether oxygens (including phenoxy) is 1. The molecular weight excluding hydrogens is 852 g/mol. The molecule has 0 saturated heterocycles. The van der Waals surface area contributed by atoms with E-state index in [2.05, 4.69) is 53.1 Å². The van der Waals surface area contributed by atoms with E-state index in [1.165, 1.54) is 64.2 Å². The van der Waals surface area contributed by atoms with Crippen LogP contribution in [0, 0.1) is 53.4 Å². The monoisotopic (exact) mass is 923 g/mol. The van der Waals surface area contributed by atoms with Gasteiger partial charge in [0.2, 0.25) is 0 Å². The largest absolute Gasteiger partial charge is 0.676 e. The number of hydrogen-bond acceptors (Lipinski definition) is 5. The second-order valence-corrected chi connectivity index (χ2v) is 18.5. The third kappa shape index (κ3) is 12.1. The number of nitrogens with one attached hydrogen (secondary N) is 3. The molecule has 1 amide bonds. The van der Waals surface area contributed by atoms with Crippen molar-refractivity contribution in [2.75, 3.05) is 32.8 Å². The normalized spacial score (nSPS) is 35.1. The van der Waals surface area contributed by atoms with Gasteiger partial charge in [-0.25, -0.2) is 4.79 Å². The predicted molar refractivity (Wildman–Crippen MR) is 203 cm³/mol. The molecule has 0 heterocycles. The molecule has 1 unspecified atom stereocenters. The van der Waals surface area contributed by atoms with E-state index >= 15 is 0 Å². The van der Waals surface area contributed by atoms with Gasteiger partial charge in [-0.2, -0.15) is 12.1 Å². The van der Waals surface area contributed by atoms with Crippen molar-refractivity contribution in [1.82, 2.24) is 5.32 Å². The minimum Gasteiger partial charge on any atom is -0.676 e. The minimum absolute atomic E-state index is 0. The number of carboxylic acids is 2. The summed E-state index contributed by atoms with van der Waals surface area (Å²) in [4.78, 5) is 34.6. The first-order chi connectivity index (χ1) is 24.5. The third-order valence-corrected chi connectivity index (χ3v) is 14.2. The number of carbonyl (C=O) groups excluding carboxylic acids is 2. The Morgan fingerprint density at radius 1 is 0.981 bits per heavy atom. The molecule has 11 atom stereocenters. The van der Waals surface area contributed by atoms with E-state index in [0.29, 0.717) is 12.0 Å². The van der Waals surface area contributed by atoms with Crippen molar-refractivity contribution in [1.29, 1.82) is 0 Å². The number of aliphatic carboxylic acids is 2. The topological polar surface area (TPSA) is 163 Å². The van der Waals surface area contributed by atoms with Crippen LogP contribution in [0.1, 0.15) is 131 Å². The molecule has 4 saturated carbocycles. The molecule has 5 aliphatic carbocycles. The van der Waals surface area contributed by atoms with Gasteiger partial charge in [0.15, 0.2) is 6.54 Å². The Morgan fingerprint density at radius 2 is 1.66 bits per heavy atom. The summed E-state index contributed by atoms with van der Waals surface area (Å²) in [5.74, 6) is 1.81. The molecule has 308 valence electrons. The van der Waals surface area contributed by atoms with Crippen molar-refractivity contribution in [3.8, 4) is 0 Å². The molecule has 0 aromatic rings. The van der Waals surface area contributed by atoms with Crippen LogP contribution in [0.5, 0.6) is 0 Å². The number of quaternary nitrogens is 1. The molecule has 5 rings (SSSR count). The average Bonchev–Trinajstić information content (AvgIpc) is 3.41. The third-order valence-electron chi connectivity index (χ3n) is 14.2.